The topological polar surface area (TPSA) is 126 Å². The van der Waals surface area contributed by atoms with Gasteiger partial charge in [-0.1, -0.05) is 36.4 Å². The van der Waals surface area contributed by atoms with Gasteiger partial charge in [-0.15, -0.1) is 0 Å². The maximum atomic E-state index is 13.0. The van der Waals surface area contributed by atoms with E-state index in [1.165, 1.54) is 25.3 Å². The van der Waals surface area contributed by atoms with E-state index in [0.717, 1.165) is 0 Å². The van der Waals surface area contributed by atoms with Crippen LogP contribution in [0.1, 0.15) is 23.5 Å². The van der Waals surface area contributed by atoms with Crippen LogP contribution < -0.4 is 14.9 Å². The van der Waals surface area contributed by atoms with Crippen molar-refractivity contribution in [2.24, 2.45) is 0 Å². The third-order valence-electron chi connectivity index (χ3n) is 5.71. The average molecular weight is 446 g/mol. The van der Waals surface area contributed by atoms with Crippen molar-refractivity contribution < 1.29 is 34.0 Å². The molecule has 1 aliphatic heterocycles. The van der Waals surface area contributed by atoms with Crippen LogP contribution >= 0.6 is 0 Å². The van der Waals surface area contributed by atoms with Crippen molar-refractivity contribution in [3.05, 3.63) is 75.9 Å². The summed E-state index contributed by atoms with van der Waals surface area (Å²) >= 11 is 0. The van der Waals surface area contributed by atoms with Crippen molar-refractivity contribution in [1.82, 2.24) is 0 Å². The zero-order valence-electron chi connectivity index (χ0n) is 17.4. The second-order valence-corrected chi connectivity index (χ2v) is 7.65. The molecule has 0 bridgehead atoms. The number of fused-ring (bicyclic) bond motifs is 3. The predicted molar refractivity (Wildman–Crippen MR) is 118 cm³/mol. The van der Waals surface area contributed by atoms with Crippen LogP contribution in [0.3, 0.4) is 0 Å². The molecule has 1 atom stereocenters. The third kappa shape index (κ3) is 3.23. The molecule has 0 spiro atoms. The SMILES string of the molecule is COc1ccc([C@@H]2CC(=O)Oc3c(O)c(O)c4c(=O)cc(-c5ccccc5)oc4c32)cc1O. The number of benzene rings is 3. The molecule has 5 rings (SSSR count). The molecule has 3 N–H and O–H groups in total. The van der Waals surface area contributed by atoms with Gasteiger partial charge in [0.1, 0.15) is 16.7 Å². The summed E-state index contributed by atoms with van der Waals surface area (Å²) in [4.78, 5) is 25.4. The van der Waals surface area contributed by atoms with E-state index in [-0.39, 0.29) is 46.0 Å². The number of aromatic hydroxyl groups is 3. The van der Waals surface area contributed by atoms with E-state index in [1.807, 2.05) is 6.07 Å². The molecule has 0 fully saturated rings. The standard InChI is InChI=1S/C25H18O8/c1-31-17-8-7-13(9-15(17)26)14-10-19(28)33-25-20(14)24-21(22(29)23(25)30)16(27)11-18(32-24)12-5-3-2-4-6-12/h2-9,11,14,26,29-30H,10H2,1H3/t14-/m0/s1. The van der Waals surface area contributed by atoms with Gasteiger partial charge in [0.2, 0.25) is 5.75 Å². The molecule has 33 heavy (non-hydrogen) atoms. The molecule has 8 heteroatoms. The van der Waals surface area contributed by atoms with Crippen LogP contribution in [0.15, 0.2) is 63.8 Å². The smallest absolute Gasteiger partial charge is 0.312 e. The van der Waals surface area contributed by atoms with Crippen LogP contribution in [0.25, 0.3) is 22.3 Å². The fourth-order valence-electron chi connectivity index (χ4n) is 4.16. The Bertz CT molecular complexity index is 1470. The average Bonchev–Trinajstić information content (AvgIpc) is 2.82. The predicted octanol–water partition coefficient (Wildman–Crippen LogP) is 4.03. The van der Waals surface area contributed by atoms with Crippen LogP contribution in [0.5, 0.6) is 28.7 Å². The Morgan fingerprint density at radius 1 is 0.970 bits per heavy atom. The second-order valence-electron chi connectivity index (χ2n) is 7.65. The Morgan fingerprint density at radius 3 is 2.42 bits per heavy atom. The van der Waals surface area contributed by atoms with Gasteiger partial charge in [0, 0.05) is 17.5 Å². The Hall–Kier alpha value is -4.46. The number of carbonyl (C=O) groups excluding carboxylic acids is 1. The van der Waals surface area contributed by atoms with Crippen molar-refractivity contribution in [3.8, 4) is 40.1 Å². The van der Waals surface area contributed by atoms with E-state index in [1.54, 1.807) is 30.3 Å². The van der Waals surface area contributed by atoms with Crippen molar-refractivity contribution in [2.45, 2.75) is 12.3 Å². The number of hydrogen-bond donors (Lipinski definition) is 3. The van der Waals surface area contributed by atoms with E-state index in [4.69, 9.17) is 13.9 Å². The quantitative estimate of drug-likeness (QED) is 0.245. The van der Waals surface area contributed by atoms with Gasteiger partial charge >= 0.3 is 5.97 Å². The molecule has 3 aromatic carbocycles. The zero-order chi connectivity index (χ0) is 23.3. The van der Waals surface area contributed by atoms with Crippen molar-refractivity contribution >= 4 is 16.9 Å². The van der Waals surface area contributed by atoms with Gasteiger partial charge in [-0.05, 0) is 17.7 Å². The Kier molecular flexibility index (Phi) is 4.70. The number of rotatable bonds is 3. The molecule has 2 heterocycles. The molecule has 0 saturated heterocycles. The van der Waals surface area contributed by atoms with E-state index in [0.29, 0.717) is 11.1 Å². The summed E-state index contributed by atoms with van der Waals surface area (Å²) in [6.07, 6.45) is -0.142. The van der Waals surface area contributed by atoms with Crippen LogP contribution in [0.4, 0.5) is 0 Å². The van der Waals surface area contributed by atoms with Crippen LogP contribution in [-0.4, -0.2) is 28.4 Å². The largest absolute Gasteiger partial charge is 0.504 e. The number of hydrogen-bond acceptors (Lipinski definition) is 8. The first-order valence-corrected chi connectivity index (χ1v) is 10.1. The number of carbonyl (C=O) groups is 1. The van der Waals surface area contributed by atoms with Crippen molar-refractivity contribution in [3.63, 3.8) is 0 Å². The van der Waals surface area contributed by atoms with Crippen molar-refractivity contribution in [2.75, 3.05) is 7.11 Å². The third-order valence-corrected chi connectivity index (χ3v) is 5.71. The van der Waals surface area contributed by atoms with Gasteiger partial charge in [0.05, 0.1) is 19.1 Å². The Labute approximate surface area is 186 Å². The molecule has 8 nitrogen and oxygen atoms in total. The van der Waals surface area contributed by atoms with Crippen LogP contribution in [-0.2, 0) is 4.79 Å². The Morgan fingerprint density at radius 2 is 1.73 bits per heavy atom. The van der Waals surface area contributed by atoms with E-state index in [2.05, 4.69) is 0 Å². The highest BCUT2D eigenvalue weighted by Gasteiger charge is 2.37. The maximum Gasteiger partial charge on any atom is 0.312 e. The molecule has 1 aliphatic rings. The number of methoxy groups -OCH3 is 1. The number of phenols is 3. The summed E-state index contributed by atoms with van der Waals surface area (Å²) in [7, 11) is 1.41. The second kappa shape index (κ2) is 7.59. The molecule has 0 amide bonds. The van der Waals surface area contributed by atoms with Gasteiger partial charge in [0.25, 0.3) is 0 Å². The summed E-state index contributed by atoms with van der Waals surface area (Å²) in [5.41, 5.74) is 0.771. The van der Waals surface area contributed by atoms with Gasteiger partial charge < -0.3 is 29.2 Å². The minimum absolute atomic E-state index is 0.0144. The lowest BCUT2D eigenvalue weighted by Gasteiger charge is -2.27. The number of phenolic OH excluding ortho intramolecular Hbond substituents is 3. The molecule has 0 aliphatic carbocycles. The van der Waals surface area contributed by atoms with Gasteiger partial charge in [-0.25, -0.2) is 0 Å². The molecule has 0 unspecified atom stereocenters. The van der Waals surface area contributed by atoms with E-state index in [9.17, 15) is 24.9 Å². The zero-order valence-corrected chi connectivity index (χ0v) is 17.4. The Balaban J connectivity index is 1.85. The van der Waals surface area contributed by atoms with Crippen molar-refractivity contribution in [1.29, 1.82) is 0 Å². The maximum absolute atomic E-state index is 13.0. The summed E-state index contributed by atoms with van der Waals surface area (Å²) < 4.78 is 16.4. The normalized spacial score (nSPS) is 15.2. The van der Waals surface area contributed by atoms with Crippen LogP contribution in [0, 0.1) is 0 Å². The monoisotopic (exact) mass is 446 g/mol. The highest BCUT2D eigenvalue weighted by atomic mass is 16.5. The molecule has 0 radical (unpaired) electrons. The molecule has 166 valence electrons. The van der Waals surface area contributed by atoms with Crippen LogP contribution in [0.2, 0.25) is 0 Å². The minimum atomic E-state index is -0.735. The fourth-order valence-corrected chi connectivity index (χ4v) is 4.16. The fraction of sp³-hybridized carbons (Fsp3) is 0.120. The lowest BCUT2D eigenvalue weighted by atomic mass is 9.84. The number of esters is 1. The summed E-state index contributed by atoms with van der Waals surface area (Å²) in [6.45, 7) is 0. The molecule has 4 aromatic rings. The minimum Gasteiger partial charge on any atom is -0.504 e. The lowest BCUT2D eigenvalue weighted by molar-refractivity contribution is -0.135. The number of ether oxygens (including phenoxy) is 2. The molecular formula is C25H18O8. The first-order chi connectivity index (χ1) is 15.9. The van der Waals surface area contributed by atoms with Gasteiger partial charge in [0.15, 0.2) is 28.4 Å². The first kappa shape index (κ1) is 20.4. The summed E-state index contributed by atoms with van der Waals surface area (Å²) in [5.74, 6) is -2.79. The van der Waals surface area contributed by atoms with E-state index >= 15 is 0 Å². The van der Waals surface area contributed by atoms with Gasteiger partial charge in [-0.2, -0.15) is 0 Å². The highest BCUT2D eigenvalue weighted by molar-refractivity contribution is 5.96. The molecular weight excluding hydrogens is 428 g/mol. The summed E-state index contributed by atoms with van der Waals surface area (Å²) in [5, 5.41) is 31.2. The first-order valence-electron chi connectivity index (χ1n) is 10.1. The molecule has 1 aromatic heterocycles. The molecule has 0 saturated carbocycles. The highest BCUT2D eigenvalue weighted by Crippen LogP contribution is 2.52. The lowest BCUT2D eigenvalue weighted by Crippen LogP contribution is -2.22. The summed E-state index contributed by atoms with van der Waals surface area (Å²) in [6, 6.07) is 14.8. The van der Waals surface area contributed by atoms with Gasteiger partial charge in [-0.3, -0.25) is 9.59 Å². The van der Waals surface area contributed by atoms with E-state index < -0.39 is 28.8 Å².